The third kappa shape index (κ3) is 4.79. The zero-order valence-corrected chi connectivity index (χ0v) is 17.4. The zero-order chi connectivity index (χ0) is 21.7. The molecule has 158 valence electrons. The molecule has 0 aliphatic carbocycles. The van der Waals surface area contributed by atoms with Crippen LogP contribution in [0.3, 0.4) is 0 Å². The highest BCUT2D eigenvalue weighted by Crippen LogP contribution is 2.33. The van der Waals surface area contributed by atoms with E-state index in [2.05, 4.69) is 12.2 Å². The van der Waals surface area contributed by atoms with Gasteiger partial charge in [0.25, 0.3) is 5.91 Å². The summed E-state index contributed by atoms with van der Waals surface area (Å²) in [6.07, 6.45) is -0.0310. The number of amides is 2. The number of hydrogen-bond donors (Lipinski definition) is 1. The Morgan fingerprint density at radius 1 is 1.17 bits per heavy atom. The van der Waals surface area contributed by atoms with Crippen molar-refractivity contribution >= 4 is 29.2 Å². The summed E-state index contributed by atoms with van der Waals surface area (Å²) in [6.45, 7) is 3.76. The summed E-state index contributed by atoms with van der Waals surface area (Å²) in [5.74, 6) is -1.25. The molecular weight excluding hydrogens is 384 g/mol. The van der Waals surface area contributed by atoms with E-state index in [1.54, 1.807) is 18.2 Å². The number of rotatable bonds is 7. The average Bonchev–Trinajstić information content (AvgIpc) is 3.15. The van der Waals surface area contributed by atoms with Crippen molar-refractivity contribution in [3.63, 3.8) is 0 Å². The van der Waals surface area contributed by atoms with Gasteiger partial charge in [-0.15, -0.1) is 0 Å². The molecule has 2 aromatic rings. The number of esters is 1. The van der Waals surface area contributed by atoms with Gasteiger partial charge in [0.1, 0.15) is 5.75 Å². The molecule has 0 bridgehead atoms. The van der Waals surface area contributed by atoms with Crippen LogP contribution in [0.15, 0.2) is 48.5 Å². The van der Waals surface area contributed by atoms with Gasteiger partial charge in [0.05, 0.1) is 18.7 Å². The molecule has 0 unspecified atom stereocenters. The van der Waals surface area contributed by atoms with Crippen LogP contribution in [0.25, 0.3) is 0 Å². The van der Waals surface area contributed by atoms with Crippen LogP contribution in [0.4, 0.5) is 11.4 Å². The summed E-state index contributed by atoms with van der Waals surface area (Å²) >= 11 is 0. The SMILES string of the molecule is CCc1ccc(NC(=O)[C@H](C)OC(=O)[C@H]2CC(=O)N(c3ccccc3OC)C2)cc1. The number of para-hydroxylation sites is 2. The van der Waals surface area contributed by atoms with Gasteiger partial charge in [-0.05, 0) is 43.2 Å². The van der Waals surface area contributed by atoms with E-state index in [1.165, 1.54) is 18.9 Å². The summed E-state index contributed by atoms with van der Waals surface area (Å²) < 4.78 is 10.6. The number of ether oxygens (including phenoxy) is 2. The van der Waals surface area contributed by atoms with Crippen molar-refractivity contribution in [3.8, 4) is 5.75 Å². The lowest BCUT2D eigenvalue weighted by Crippen LogP contribution is -2.33. The molecule has 1 saturated heterocycles. The van der Waals surface area contributed by atoms with Crippen LogP contribution in [-0.2, 0) is 25.5 Å². The molecule has 0 spiro atoms. The second-order valence-electron chi connectivity index (χ2n) is 7.20. The predicted molar refractivity (Wildman–Crippen MR) is 113 cm³/mol. The van der Waals surface area contributed by atoms with Crippen molar-refractivity contribution < 1.29 is 23.9 Å². The molecule has 2 amide bonds. The Bertz CT molecular complexity index is 925. The Morgan fingerprint density at radius 3 is 2.53 bits per heavy atom. The highest BCUT2D eigenvalue weighted by atomic mass is 16.5. The third-order valence-electron chi connectivity index (χ3n) is 5.13. The summed E-state index contributed by atoms with van der Waals surface area (Å²) in [5, 5.41) is 2.74. The van der Waals surface area contributed by atoms with Crippen LogP contribution in [0.5, 0.6) is 5.75 Å². The molecular formula is C23H26N2O5. The van der Waals surface area contributed by atoms with Crippen molar-refractivity contribution in [3.05, 3.63) is 54.1 Å². The molecule has 1 fully saturated rings. The molecule has 2 atom stereocenters. The second-order valence-corrected chi connectivity index (χ2v) is 7.20. The molecule has 30 heavy (non-hydrogen) atoms. The lowest BCUT2D eigenvalue weighted by molar-refractivity contribution is -0.157. The molecule has 7 heteroatoms. The number of anilines is 2. The summed E-state index contributed by atoms with van der Waals surface area (Å²) in [6, 6.07) is 14.6. The monoisotopic (exact) mass is 410 g/mol. The van der Waals surface area contributed by atoms with Gasteiger partial charge in [-0.2, -0.15) is 0 Å². The van der Waals surface area contributed by atoms with Crippen LogP contribution in [-0.4, -0.2) is 37.5 Å². The quantitative estimate of drug-likeness (QED) is 0.709. The van der Waals surface area contributed by atoms with Gasteiger partial charge in [0.2, 0.25) is 5.91 Å². The van der Waals surface area contributed by atoms with E-state index in [4.69, 9.17) is 9.47 Å². The van der Waals surface area contributed by atoms with Crippen LogP contribution in [0.1, 0.15) is 25.8 Å². The largest absolute Gasteiger partial charge is 0.495 e. The van der Waals surface area contributed by atoms with E-state index in [0.717, 1.165) is 12.0 Å². The molecule has 0 aromatic heterocycles. The third-order valence-corrected chi connectivity index (χ3v) is 5.13. The topological polar surface area (TPSA) is 84.9 Å². The van der Waals surface area contributed by atoms with Gasteiger partial charge in [-0.3, -0.25) is 14.4 Å². The van der Waals surface area contributed by atoms with E-state index in [9.17, 15) is 14.4 Å². The fourth-order valence-electron chi connectivity index (χ4n) is 3.34. The minimum absolute atomic E-state index is 0.0314. The first kappa shape index (κ1) is 21.4. The van der Waals surface area contributed by atoms with Crippen LogP contribution < -0.4 is 15.0 Å². The van der Waals surface area contributed by atoms with Gasteiger partial charge in [0, 0.05) is 18.7 Å². The van der Waals surface area contributed by atoms with Crippen molar-refractivity contribution in [2.75, 3.05) is 23.9 Å². The first-order valence-corrected chi connectivity index (χ1v) is 9.96. The number of benzene rings is 2. The minimum Gasteiger partial charge on any atom is -0.495 e. The molecule has 7 nitrogen and oxygen atoms in total. The second kappa shape index (κ2) is 9.43. The van der Waals surface area contributed by atoms with Crippen LogP contribution in [0.2, 0.25) is 0 Å². The Kier molecular flexibility index (Phi) is 6.72. The normalized spacial score (nSPS) is 16.8. The van der Waals surface area contributed by atoms with Gasteiger partial charge in [-0.1, -0.05) is 31.2 Å². The smallest absolute Gasteiger partial charge is 0.312 e. The number of carbonyl (C=O) groups is 3. The maximum Gasteiger partial charge on any atom is 0.312 e. The van der Waals surface area contributed by atoms with E-state index in [1.807, 2.05) is 30.3 Å². The molecule has 0 radical (unpaired) electrons. The number of hydrogen-bond acceptors (Lipinski definition) is 5. The van der Waals surface area contributed by atoms with Crippen LogP contribution in [0, 0.1) is 5.92 Å². The number of nitrogens with one attached hydrogen (secondary N) is 1. The predicted octanol–water partition coefficient (Wildman–Crippen LogP) is 3.18. The van der Waals surface area contributed by atoms with Gasteiger partial charge in [-0.25, -0.2) is 0 Å². The number of carbonyl (C=O) groups excluding carboxylic acids is 3. The first-order valence-electron chi connectivity index (χ1n) is 9.96. The zero-order valence-electron chi connectivity index (χ0n) is 17.4. The molecule has 1 aliphatic heterocycles. The Labute approximate surface area is 176 Å². The number of methoxy groups -OCH3 is 1. The highest BCUT2D eigenvalue weighted by molar-refractivity contribution is 6.01. The first-order chi connectivity index (χ1) is 14.4. The molecule has 1 N–H and O–H groups in total. The van der Waals surface area contributed by atoms with Crippen molar-refractivity contribution in [1.29, 1.82) is 0 Å². The van der Waals surface area contributed by atoms with E-state index in [-0.39, 0.29) is 18.9 Å². The fraction of sp³-hybridized carbons (Fsp3) is 0.348. The molecule has 3 rings (SSSR count). The minimum atomic E-state index is -0.973. The van der Waals surface area contributed by atoms with Crippen LogP contribution >= 0.6 is 0 Å². The molecule has 1 heterocycles. The van der Waals surface area contributed by atoms with Gasteiger partial charge < -0.3 is 19.7 Å². The van der Waals surface area contributed by atoms with E-state index in [0.29, 0.717) is 17.1 Å². The molecule has 1 aliphatic rings. The lowest BCUT2D eigenvalue weighted by Gasteiger charge is -2.20. The van der Waals surface area contributed by atoms with Gasteiger partial charge in [0.15, 0.2) is 6.10 Å². The molecule has 2 aromatic carbocycles. The van der Waals surface area contributed by atoms with Crippen molar-refractivity contribution in [1.82, 2.24) is 0 Å². The summed E-state index contributed by atoms with van der Waals surface area (Å²) in [4.78, 5) is 38.9. The van der Waals surface area contributed by atoms with Gasteiger partial charge >= 0.3 is 5.97 Å². The summed E-state index contributed by atoms with van der Waals surface area (Å²) in [5.41, 5.74) is 2.41. The van der Waals surface area contributed by atoms with E-state index >= 15 is 0 Å². The lowest BCUT2D eigenvalue weighted by atomic mass is 10.1. The Balaban J connectivity index is 1.58. The Hall–Kier alpha value is -3.35. The maximum atomic E-state index is 12.6. The van der Waals surface area contributed by atoms with E-state index < -0.39 is 23.9 Å². The standard InChI is InChI=1S/C23H26N2O5/c1-4-16-9-11-18(12-10-16)24-22(27)15(2)30-23(28)17-13-21(26)25(14-17)19-7-5-6-8-20(19)29-3/h5-12,15,17H,4,13-14H2,1-3H3,(H,24,27)/t15-,17-/m0/s1. The fourth-order valence-corrected chi connectivity index (χ4v) is 3.34. The number of aryl methyl sites for hydroxylation is 1. The average molecular weight is 410 g/mol. The number of nitrogens with zero attached hydrogens (tertiary/aromatic N) is 1. The maximum absolute atomic E-state index is 12.6. The summed E-state index contributed by atoms with van der Waals surface area (Å²) in [7, 11) is 1.53. The highest BCUT2D eigenvalue weighted by Gasteiger charge is 2.38. The Morgan fingerprint density at radius 2 is 1.87 bits per heavy atom. The van der Waals surface area contributed by atoms with Crippen molar-refractivity contribution in [2.24, 2.45) is 5.92 Å². The molecule has 0 saturated carbocycles. The van der Waals surface area contributed by atoms with Crippen molar-refractivity contribution in [2.45, 2.75) is 32.8 Å².